The lowest BCUT2D eigenvalue weighted by molar-refractivity contribution is -0.643. The second-order valence-electron chi connectivity index (χ2n) is 9.20. The van der Waals surface area contributed by atoms with Crippen LogP contribution in [0.2, 0.25) is 0 Å². The van der Waals surface area contributed by atoms with Gasteiger partial charge in [-0.1, -0.05) is 30.4 Å². The Morgan fingerprint density at radius 3 is 1.89 bits per heavy atom. The van der Waals surface area contributed by atoms with Crippen LogP contribution >= 0.6 is 0 Å². The molecule has 0 bridgehead atoms. The molecule has 4 aliphatic rings. The summed E-state index contributed by atoms with van der Waals surface area (Å²) < 4.78 is 42.2. The number of terminal acetylenes is 4. The van der Waals surface area contributed by atoms with Gasteiger partial charge in [0.05, 0.1) is 25.7 Å². The molecule has 1 amide bonds. The topological polar surface area (TPSA) is 72.0 Å². The number of halogens is 3. The van der Waals surface area contributed by atoms with Crippen molar-refractivity contribution in [1.82, 2.24) is 4.90 Å². The molecule has 0 saturated carbocycles. The number of fused-ring (bicyclic) bond motifs is 1. The summed E-state index contributed by atoms with van der Waals surface area (Å²) in [5, 5.41) is 4.59. The standard InChI is InChI=1S/C13H18N2O2.C6H11NO.C6H8.C2H3F3.4C2H2/c1-14-7-11-10(9-4-5-15-6-9)2-3-12-13(11)17-8-16-12;8-6-7-4-2-1-3-5-7;1-2-4-6-5-3-1;1-2(3,4)5;4*1-2/h2-3,9,14-15H,4-8H2,1H3;6H,1-5H2;1-4H,5-6H2;1H3;4*1-2H/p+2/t9-;;;;;;;/m0......./s1. The van der Waals surface area contributed by atoms with E-state index in [4.69, 9.17) is 9.47 Å². The normalized spacial score (nSPS) is 16.4. The fraction of sp³-hybridized carbons (Fsp3) is 0.457. The van der Waals surface area contributed by atoms with E-state index in [0.717, 1.165) is 37.5 Å². The molecule has 1 aliphatic carbocycles. The number of quaternary nitrogens is 2. The maximum atomic E-state index is 10.4. The van der Waals surface area contributed by atoms with Gasteiger partial charge < -0.3 is 25.0 Å². The Bertz CT molecular complexity index is 957. The van der Waals surface area contributed by atoms with Gasteiger partial charge in [0.15, 0.2) is 11.5 Å². The molecule has 0 unspecified atom stereocenters. The average molecular weight is 618 g/mol. The molecule has 242 valence electrons. The zero-order chi connectivity index (χ0) is 34.2. The first-order chi connectivity index (χ1) is 21.3. The minimum atomic E-state index is -4.00. The Morgan fingerprint density at radius 2 is 1.50 bits per heavy atom. The zero-order valence-corrected chi connectivity index (χ0v) is 26.2. The fourth-order valence-corrected chi connectivity index (χ4v) is 4.45. The number of carbonyl (C=O) groups is 1. The highest BCUT2D eigenvalue weighted by molar-refractivity contribution is 5.53. The van der Waals surface area contributed by atoms with Crippen LogP contribution in [0.15, 0.2) is 36.4 Å². The van der Waals surface area contributed by atoms with Crippen LogP contribution in [-0.4, -0.2) is 57.5 Å². The number of ether oxygens (including phenoxy) is 2. The van der Waals surface area contributed by atoms with Crippen LogP contribution in [0.1, 0.15) is 62.5 Å². The molecule has 2 saturated heterocycles. The van der Waals surface area contributed by atoms with Crippen molar-refractivity contribution in [3.8, 4) is 62.9 Å². The second-order valence-corrected chi connectivity index (χ2v) is 9.20. The largest absolute Gasteiger partial charge is 0.454 e. The van der Waals surface area contributed by atoms with Crippen molar-refractivity contribution in [2.75, 3.05) is 40.0 Å². The number of nitrogens with two attached hydrogens (primary N) is 2. The molecule has 0 spiro atoms. The van der Waals surface area contributed by atoms with Gasteiger partial charge in [-0.3, -0.25) is 4.79 Å². The summed E-state index contributed by atoms with van der Waals surface area (Å²) >= 11 is 0. The summed E-state index contributed by atoms with van der Waals surface area (Å²) in [6.07, 6.45) is 44.9. The minimum Gasteiger partial charge on any atom is -0.454 e. The molecule has 1 aromatic carbocycles. The highest BCUT2D eigenvalue weighted by Gasteiger charge is 2.28. The highest BCUT2D eigenvalue weighted by Crippen LogP contribution is 2.40. The summed E-state index contributed by atoms with van der Waals surface area (Å²) in [6.45, 7) is 5.93. The van der Waals surface area contributed by atoms with Gasteiger partial charge in [0.1, 0.15) is 6.54 Å². The molecule has 9 heteroatoms. The van der Waals surface area contributed by atoms with Crippen LogP contribution < -0.4 is 20.1 Å². The third-order valence-corrected chi connectivity index (χ3v) is 6.12. The number of hydrogen-bond donors (Lipinski definition) is 2. The van der Waals surface area contributed by atoms with Crippen LogP contribution in [0.25, 0.3) is 0 Å². The Hall–Kier alpha value is -4.28. The summed E-state index contributed by atoms with van der Waals surface area (Å²) in [5.41, 5.74) is 2.80. The number of benzene rings is 1. The molecule has 3 heterocycles. The lowest BCUT2D eigenvalue weighted by Crippen LogP contribution is -2.81. The van der Waals surface area contributed by atoms with Gasteiger partial charge in [0, 0.05) is 32.4 Å². The van der Waals surface area contributed by atoms with Crippen molar-refractivity contribution in [1.29, 1.82) is 0 Å². The van der Waals surface area contributed by atoms with Crippen LogP contribution in [0.3, 0.4) is 0 Å². The predicted molar refractivity (Wildman–Crippen MR) is 173 cm³/mol. The molecule has 2 fully saturated rings. The van der Waals surface area contributed by atoms with E-state index in [1.54, 1.807) is 0 Å². The Balaban J connectivity index is -0.000000525. The molecular formula is C35H50F3N3O3+2. The van der Waals surface area contributed by atoms with Crippen molar-refractivity contribution in [3.05, 3.63) is 47.6 Å². The molecular weight excluding hydrogens is 567 g/mol. The van der Waals surface area contributed by atoms with Gasteiger partial charge in [-0.25, -0.2) is 0 Å². The van der Waals surface area contributed by atoms with Crippen molar-refractivity contribution in [2.24, 2.45) is 0 Å². The minimum absolute atomic E-state index is 0.188. The smallest absolute Gasteiger partial charge is 0.386 e. The number of hydrogen-bond acceptors (Lipinski definition) is 3. The molecule has 4 N–H and O–H groups in total. The quantitative estimate of drug-likeness (QED) is 0.392. The van der Waals surface area contributed by atoms with Crippen LogP contribution in [0.5, 0.6) is 11.5 Å². The average Bonchev–Trinajstić information content (AvgIpc) is 3.80. The van der Waals surface area contributed by atoms with Crippen molar-refractivity contribution in [2.45, 2.75) is 64.1 Å². The van der Waals surface area contributed by atoms with Gasteiger partial charge in [-0.2, -0.15) is 13.2 Å². The van der Waals surface area contributed by atoms with E-state index >= 15 is 0 Å². The summed E-state index contributed by atoms with van der Waals surface area (Å²) in [7, 11) is 2.10. The SMILES string of the molecule is C#C.C#C.C#C.C#C.C1=CCCC=C1.CC(F)(F)F.C[NH2+]Cc1c([C@H]2CC[NH2+]C2)ccc2c1OCO2.O=CN1CCCCC1. The summed E-state index contributed by atoms with van der Waals surface area (Å²) in [5.74, 6) is 2.57. The molecule has 5 rings (SSSR count). The summed E-state index contributed by atoms with van der Waals surface area (Å²) in [4.78, 5) is 11.9. The van der Waals surface area contributed by atoms with E-state index in [2.05, 4.69) is 106 Å². The number of amides is 1. The lowest BCUT2D eigenvalue weighted by atomic mass is 9.92. The number of carbonyl (C=O) groups excluding carboxylic acids is 1. The molecule has 1 atom stereocenters. The summed E-state index contributed by atoms with van der Waals surface area (Å²) in [6, 6.07) is 4.30. The van der Waals surface area contributed by atoms with E-state index in [0.29, 0.717) is 12.7 Å². The van der Waals surface area contributed by atoms with Gasteiger partial charge in [-0.05, 0) is 43.7 Å². The first-order valence-electron chi connectivity index (χ1n) is 14.3. The number of allylic oxidation sites excluding steroid dienone is 4. The van der Waals surface area contributed by atoms with E-state index in [9.17, 15) is 18.0 Å². The number of alkyl halides is 3. The number of likely N-dealkylation sites (tertiary alicyclic amines) is 1. The molecule has 3 aliphatic heterocycles. The first-order valence-corrected chi connectivity index (χ1v) is 14.3. The number of nitrogens with zero attached hydrogens (tertiary/aromatic N) is 1. The maximum Gasteiger partial charge on any atom is 0.386 e. The fourth-order valence-electron chi connectivity index (χ4n) is 4.45. The molecule has 6 nitrogen and oxygen atoms in total. The van der Waals surface area contributed by atoms with Gasteiger partial charge in [0.2, 0.25) is 13.2 Å². The van der Waals surface area contributed by atoms with E-state index in [-0.39, 0.29) is 6.92 Å². The lowest BCUT2D eigenvalue weighted by Gasteiger charge is -2.21. The zero-order valence-electron chi connectivity index (χ0n) is 26.2. The van der Waals surface area contributed by atoms with E-state index < -0.39 is 6.18 Å². The molecule has 0 radical (unpaired) electrons. The number of piperidine rings is 1. The second kappa shape index (κ2) is 30.2. The maximum absolute atomic E-state index is 10.4. The number of rotatable bonds is 4. The van der Waals surface area contributed by atoms with Crippen molar-refractivity contribution >= 4 is 6.41 Å². The van der Waals surface area contributed by atoms with Crippen molar-refractivity contribution < 1.29 is 38.1 Å². The highest BCUT2D eigenvalue weighted by atomic mass is 19.4. The van der Waals surface area contributed by atoms with Gasteiger partial charge >= 0.3 is 6.18 Å². The van der Waals surface area contributed by atoms with Crippen LogP contribution in [-0.2, 0) is 11.3 Å². The van der Waals surface area contributed by atoms with Crippen LogP contribution in [0, 0.1) is 51.4 Å². The van der Waals surface area contributed by atoms with Crippen molar-refractivity contribution in [3.63, 3.8) is 0 Å². The van der Waals surface area contributed by atoms with Gasteiger partial charge in [0.25, 0.3) is 0 Å². The predicted octanol–water partition coefficient (Wildman–Crippen LogP) is 4.25. The Kier molecular flexibility index (Phi) is 30.3. The first kappa shape index (κ1) is 44.2. The monoisotopic (exact) mass is 617 g/mol. The van der Waals surface area contributed by atoms with E-state index in [1.165, 1.54) is 62.7 Å². The third kappa shape index (κ3) is 21.4. The molecule has 44 heavy (non-hydrogen) atoms. The third-order valence-electron chi connectivity index (χ3n) is 6.12. The molecule has 0 aromatic heterocycles. The van der Waals surface area contributed by atoms with E-state index in [1.807, 2.05) is 4.90 Å². The van der Waals surface area contributed by atoms with Crippen LogP contribution in [0.4, 0.5) is 13.2 Å². The van der Waals surface area contributed by atoms with Gasteiger partial charge in [-0.15, -0.1) is 51.4 Å². The molecule has 1 aromatic rings. The Labute approximate surface area is 263 Å². The Morgan fingerprint density at radius 1 is 0.955 bits per heavy atom.